The second kappa shape index (κ2) is 4.86. The molecule has 0 N–H and O–H groups in total. The van der Waals surface area contributed by atoms with Gasteiger partial charge in [0, 0.05) is 6.54 Å². The molecule has 0 fully saturated rings. The lowest BCUT2D eigenvalue weighted by Gasteiger charge is -2.13. The molecule has 90 valence electrons. The minimum absolute atomic E-state index is 0.0623. The number of nitrogens with zero attached hydrogens (tertiary/aromatic N) is 1. The highest BCUT2D eigenvalue weighted by atomic mass is 32.2. The summed E-state index contributed by atoms with van der Waals surface area (Å²) in [5.74, 6) is 0. The van der Waals surface area contributed by atoms with E-state index in [4.69, 9.17) is 0 Å². The molecule has 1 atom stereocenters. The number of rotatable bonds is 3. The summed E-state index contributed by atoms with van der Waals surface area (Å²) >= 11 is 0. The van der Waals surface area contributed by atoms with Crippen molar-refractivity contribution in [2.75, 3.05) is 6.54 Å². The van der Waals surface area contributed by atoms with Crippen LogP contribution in [0, 0.1) is 0 Å². The first-order chi connectivity index (χ1) is 7.42. The van der Waals surface area contributed by atoms with Gasteiger partial charge >= 0.3 is 5.51 Å². The summed E-state index contributed by atoms with van der Waals surface area (Å²) in [6.07, 6.45) is 0.430. The van der Waals surface area contributed by atoms with Crippen LogP contribution in [0.4, 0.5) is 13.2 Å². The average molecular weight is 251 g/mol. The first-order valence-electron chi connectivity index (χ1n) is 4.76. The van der Waals surface area contributed by atoms with E-state index in [1.165, 1.54) is 24.3 Å². The SMILES string of the molecule is CCCN=S(=O)(c1ccccc1)C(F)(F)F. The summed E-state index contributed by atoms with van der Waals surface area (Å²) in [6, 6.07) is 6.79. The van der Waals surface area contributed by atoms with Crippen molar-refractivity contribution in [1.82, 2.24) is 0 Å². The van der Waals surface area contributed by atoms with Crippen LogP contribution >= 0.6 is 0 Å². The zero-order valence-corrected chi connectivity index (χ0v) is 9.52. The van der Waals surface area contributed by atoms with E-state index in [0.29, 0.717) is 6.42 Å². The topological polar surface area (TPSA) is 29.4 Å². The van der Waals surface area contributed by atoms with E-state index in [2.05, 4.69) is 4.36 Å². The van der Waals surface area contributed by atoms with E-state index in [0.717, 1.165) is 0 Å². The lowest BCUT2D eigenvalue weighted by atomic mass is 10.4. The van der Waals surface area contributed by atoms with Gasteiger partial charge in [-0.3, -0.25) is 0 Å². The van der Waals surface area contributed by atoms with E-state index in [9.17, 15) is 17.4 Å². The Labute approximate surface area is 92.7 Å². The van der Waals surface area contributed by atoms with Gasteiger partial charge in [-0.05, 0) is 18.6 Å². The maximum Gasteiger partial charge on any atom is 0.483 e. The Morgan fingerprint density at radius 2 is 1.81 bits per heavy atom. The van der Waals surface area contributed by atoms with Gasteiger partial charge in [0.05, 0.1) is 4.90 Å². The molecule has 0 aliphatic carbocycles. The Hall–Kier alpha value is -1.04. The van der Waals surface area contributed by atoms with Crippen LogP contribution in [0.25, 0.3) is 0 Å². The van der Waals surface area contributed by atoms with Crippen molar-refractivity contribution < 1.29 is 17.4 Å². The molecule has 6 heteroatoms. The van der Waals surface area contributed by atoms with E-state index in [-0.39, 0.29) is 11.4 Å². The van der Waals surface area contributed by atoms with Crippen LogP contribution in [0.2, 0.25) is 0 Å². The number of alkyl halides is 3. The fourth-order valence-electron chi connectivity index (χ4n) is 1.11. The molecule has 0 amide bonds. The van der Waals surface area contributed by atoms with Crippen molar-refractivity contribution >= 4 is 9.73 Å². The Kier molecular flexibility index (Phi) is 3.96. The molecular weight excluding hydrogens is 239 g/mol. The molecule has 1 aromatic rings. The maximum atomic E-state index is 12.7. The van der Waals surface area contributed by atoms with Crippen LogP contribution in [0.15, 0.2) is 39.6 Å². The molecule has 2 nitrogen and oxygen atoms in total. The predicted molar refractivity (Wildman–Crippen MR) is 56.5 cm³/mol. The number of benzene rings is 1. The molecule has 0 heterocycles. The monoisotopic (exact) mass is 251 g/mol. The van der Waals surface area contributed by atoms with Gasteiger partial charge in [-0.2, -0.15) is 13.2 Å². The molecular formula is C10H12F3NOS. The second-order valence-electron chi connectivity index (χ2n) is 3.14. The largest absolute Gasteiger partial charge is 0.483 e. The average Bonchev–Trinajstić information content (AvgIpc) is 2.25. The first-order valence-corrected chi connectivity index (χ1v) is 6.27. The minimum Gasteiger partial charge on any atom is -0.236 e. The van der Waals surface area contributed by atoms with Gasteiger partial charge in [0.1, 0.15) is 0 Å². The number of hydrogen-bond acceptors (Lipinski definition) is 2. The fourth-order valence-corrected chi connectivity index (χ4v) is 2.63. The lowest BCUT2D eigenvalue weighted by molar-refractivity contribution is -0.0403. The van der Waals surface area contributed by atoms with Crippen LogP contribution in [0.1, 0.15) is 13.3 Å². The summed E-state index contributed by atoms with van der Waals surface area (Å²) in [4.78, 5) is -0.282. The standard InChI is InChI=1S/C10H12F3NOS/c1-2-8-14-16(15,10(11,12)13)9-6-4-3-5-7-9/h3-7H,2,8H2,1H3. The Morgan fingerprint density at radius 3 is 2.25 bits per heavy atom. The Balaban J connectivity index is 3.34. The third kappa shape index (κ3) is 2.55. The van der Waals surface area contributed by atoms with Gasteiger partial charge in [0.25, 0.3) is 0 Å². The van der Waals surface area contributed by atoms with Crippen molar-refractivity contribution in [3.05, 3.63) is 30.3 Å². The second-order valence-corrected chi connectivity index (χ2v) is 5.38. The van der Waals surface area contributed by atoms with E-state index < -0.39 is 15.2 Å². The zero-order valence-electron chi connectivity index (χ0n) is 8.70. The summed E-state index contributed by atoms with van der Waals surface area (Å²) in [6.45, 7) is 1.62. The third-order valence-corrected chi connectivity index (χ3v) is 3.96. The van der Waals surface area contributed by atoms with Gasteiger partial charge in [0.15, 0.2) is 9.73 Å². The zero-order chi connectivity index (χ0) is 12.2. The van der Waals surface area contributed by atoms with Crippen molar-refractivity contribution in [1.29, 1.82) is 0 Å². The van der Waals surface area contributed by atoms with E-state index in [1.807, 2.05) is 0 Å². The molecule has 0 saturated carbocycles. The van der Waals surface area contributed by atoms with Gasteiger partial charge in [-0.15, -0.1) is 0 Å². The smallest absolute Gasteiger partial charge is 0.236 e. The highest BCUT2D eigenvalue weighted by Crippen LogP contribution is 2.32. The summed E-state index contributed by atoms with van der Waals surface area (Å²) in [5.41, 5.74) is -4.83. The van der Waals surface area contributed by atoms with E-state index >= 15 is 0 Å². The molecule has 16 heavy (non-hydrogen) atoms. The molecule has 0 aliphatic rings. The molecule has 1 rings (SSSR count). The van der Waals surface area contributed by atoms with Crippen molar-refractivity contribution in [2.24, 2.45) is 4.36 Å². The predicted octanol–water partition coefficient (Wildman–Crippen LogP) is 3.44. The summed E-state index contributed by atoms with van der Waals surface area (Å²) in [7, 11) is -4.32. The summed E-state index contributed by atoms with van der Waals surface area (Å²) < 4.78 is 53.4. The van der Waals surface area contributed by atoms with Gasteiger partial charge in [-0.25, -0.2) is 8.57 Å². The number of halogens is 3. The highest BCUT2D eigenvalue weighted by Gasteiger charge is 2.44. The summed E-state index contributed by atoms with van der Waals surface area (Å²) in [5, 5.41) is 0. The third-order valence-electron chi connectivity index (χ3n) is 1.87. The van der Waals surface area contributed by atoms with Crippen LogP contribution in [0.3, 0.4) is 0 Å². The Bertz CT molecular complexity index is 447. The van der Waals surface area contributed by atoms with Crippen molar-refractivity contribution in [3.8, 4) is 0 Å². The molecule has 0 bridgehead atoms. The minimum atomic E-state index is -4.83. The van der Waals surface area contributed by atoms with Crippen molar-refractivity contribution in [2.45, 2.75) is 23.7 Å². The molecule has 0 saturated heterocycles. The molecule has 0 spiro atoms. The molecule has 0 aromatic heterocycles. The highest BCUT2D eigenvalue weighted by molar-refractivity contribution is 7.94. The molecule has 1 aromatic carbocycles. The first kappa shape index (κ1) is 13.0. The van der Waals surface area contributed by atoms with Crippen LogP contribution < -0.4 is 0 Å². The van der Waals surface area contributed by atoms with Gasteiger partial charge < -0.3 is 0 Å². The lowest BCUT2D eigenvalue weighted by Crippen LogP contribution is -2.23. The molecule has 0 aliphatic heterocycles. The normalized spacial score (nSPS) is 15.5. The number of hydrogen-bond donors (Lipinski definition) is 0. The van der Waals surface area contributed by atoms with Gasteiger partial charge in [0.2, 0.25) is 0 Å². The van der Waals surface area contributed by atoms with Gasteiger partial charge in [-0.1, -0.05) is 25.1 Å². The Morgan fingerprint density at radius 1 is 1.25 bits per heavy atom. The van der Waals surface area contributed by atoms with Crippen LogP contribution in [-0.2, 0) is 9.73 Å². The molecule has 1 unspecified atom stereocenters. The molecule has 0 radical (unpaired) electrons. The fraction of sp³-hybridized carbons (Fsp3) is 0.400. The van der Waals surface area contributed by atoms with Crippen LogP contribution in [-0.4, -0.2) is 16.3 Å². The quantitative estimate of drug-likeness (QED) is 0.809. The maximum absolute atomic E-state index is 12.7. The van der Waals surface area contributed by atoms with E-state index in [1.54, 1.807) is 13.0 Å². The van der Waals surface area contributed by atoms with Crippen LogP contribution in [0.5, 0.6) is 0 Å². The van der Waals surface area contributed by atoms with Crippen molar-refractivity contribution in [3.63, 3.8) is 0 Å².